The van der Waals surface area contributed by atoms with E-state index < -0.39 is 0 Å². The SMILES string of the molecule is [Co+2].[Co+2].[Co+2].[Co+2].[Co+2].[Co+2].[Co+2].[Co+2].[Co+2].[Co+2].[Co+2].[Co+2].[Co+2].[Co+2].[Co+2].[O-2].[O-2].[O-2].[O-2].[O-2].[O-2].[O-2].[O-2].[O-2].[O-2].[O-2].[O-2].[O-2].[O-2].[O-2].[O-2].[O-2].[O-2].[O-2].[O-2].[O-2].[O-2].[O-2].[O-2].[O-2].[O-2].[O-2].[O-2].[O-2].[O-2].[O-2].[O-2].[O-2].[O-2].[O-2].[O-2].[O-2].[O-2].[O-2].[O-2].[O-2].[O-2].[O-2].[O-2].[O-2].[O-2].[O-2].[O-2].[O-2].[O-2].[O-2].[O-2].[O-2].[O-2].[O-2].[O-2].[O-2].[O-2].[O-2].[O-2].[O-2].[O-2].[O-2].[O-2].[O-2].[O-2].[O-2].[O-2].[O-2].[O-2].[O-2].[O-2].[O-2].[O-2].[O-2]. The minimum Gasteiger partial charge on any atom is -2.00 e. The third-order valence-electron chi connectivity index (χ3n) is 0. The maximum Gasteiger partial charge on any atom is 2.00 e. The van der Waals surface area contributed by atoms with Crippen molar-refractivity contribution >= 4 is 0 Å². The van der Waals surface area contributed by atoms with E-state index in [0.717, 1.165) is 0 Å². The predicted molar refractivity (Wildman–Crippen MR) is 51.5 cm³/mol. The molecule has 0 aliphatic carbocycles. The van der Waals surface area contributed by atoms with Crippen molar-refractivity contribution in [3.8, 4) is 0 Å². The molecule has 90 heavy (non-hydrogen) atoms. The number of hydrogen-bond donors (Lipinski definition) is 0. The van der Waals surface area contributed by atoms with Crippen molar-refractivity contribution in [3.63, 3.8) is 0 Å². The van der Waals surface area contributed by atoms with Crippen LogP contribution in [0, 0.1) is 0 Å². The second-order valence-electron chi connectivity index (χ2n) is 0. The molecule has 0 rings (SSSR count). The molecular weight excluding hydrogens is 2080 g/mol. The summed E-state index contributed by atoms with van der Waals surface area (Å²) in [6.07, 6.45) is 0. The van der Waals surface area contributed by atoms with Crippen LogP contribution in [0.2, 0.25) is 0 Å². The van der Waals surface area contributed by atoms with Crippen LogP contribution >= 0.6 is 0 Å². The first-order chi connectivity index (χ1) is 0. The molecule has 0 aliphatic rings. The first-order valence-electron chi connectivity index (χ1n) is 0. The molecule has 0 aromatic carbocycles. The van der Waals surface area contributed by atoms with Crippen LogP contribution in [-0.2, 0) is 662 Å². The monoisotopic (exact) mass is 2080 g/mol. The van der Waals surface area contributed by atoms with E-state index in [1.54, 1.807) is 0 Å². The summed E-state index contributed by atoms with van der Waals surface area (Å²) in [5.41, 5.74) is 0. The molecule has 0 spiro atoms. The fourth-order valence-corrected chi connectivity index (χ4v) is 0. The Morgan fingerprint density at radius 2 is 0.0222 bits per heavy atom. The third kappa shape index (κ3) is 36800. The van der Waals surface area contributed by atoms with Gasteiger partial charge in [0.05, 0.1) is 0 Å². The van der Waals surface area contributed by atoms with Crippen LogP contribution in [0.1, 0.15) is 0 Å². The van der Waals surface area contributed by atoms with Gasteiger partial charge >= 0.3 is 252 Å². The van der Waals surface area contributed by atoms with Gasteiger partial charge in [0, 0.05) is 0 Å². The van der Waals surface area contributed by atoms with Crippen LogP contribution in [0.15, 0.2) is 0 Å². The molecule has 0 heterocycles. The van der Waals surface area contributed by atoms with E-state index >= 15 is 0 Å². The van der Waals surface area contributed by atoms with Gasteiger partial charge in [0.1, 0.15) is 0 Å². The van der Waals surface area contributed by atoms with E-state index in [2.05, 4.69) is 0 Å². The average Bonchev–Trinajstić information content (AvgIpc) is 0. The zero-order valence-electron chi connectivity index (χ0n) is 35.6. The van der Waals surface area contributed by atoms with Gasteiger partial charge in [-0.1, -0.05) is 0 Å². The van der Waals surface area contributed by atoms with Crippen molar-refractivity contribution in [1.29, 1.82) is 0 Å². The van der Waals surface area contributed by atoms with E-state index in [1.807, 2.05) is 0 Å². The standard InChI is InChI=1S/15Co.75O/q15*+2;75*-2. The zero-order chi connectivity index (χ0) is 0. The molecule has 90 heteroatoms. The van der Waals surface area contributed by atoms with Gasteiger partial charge in [0.25, 0.3) is 0 Å². The van der Waals surface area contributed by atoms with E-state index in [1.165, 1.54) is 0 Å². The Kier molecular flexibility index (Phi) is 16500000. The average molecular weight is 2080 g/mol. The second kappa shape index (κ2) is 38000. The Morgan fingerprint density at radius 1 is 0.0222 bits per heavy atom. The van der Waals surface area contributed by atoms with E-state index in [0.29, 0.717) is 0 Å². The summed E-state index contributed by atoms with van der Waals surface area (Å²) in [5.74, 6) is 0. The molecule has 0 amide bonds. The first-order valence-corrected chi connectivity index (χ1v) is 0. The summed E-state index contributed by atoms with van der Waals surface area (Å²) in [7, 11) is 0. The van der Waals surface area contributed by atoms with Gasteiger partial charge in [-0.15, -0.1) is 0 Å². The molecule has 0 saturated carbocycles. The Bertz CT molecular complexity index is 58.5. The summed E-state index contributed by atoms with van der Waals surface area (Å²) in [4.78, 5) is 0. The van der Waals surface area contributed by atoms with Crippen molar-refractivity contribution in [2.24, 2.45) is 0 Å². The van der Waals surface area contributed by atoms with Crippen LogP contribution in [0.4, 0.5) is 0 Å². The maximum absolute atomic E-state index is 0. The minimum absolute atomic E-state index is 0. The van der Waals surface area contributed by atoms with Crippen molar-refractivity contribution in [3.05, 3.63) is 0 Å². The minimum atomic E-state index is 0. The largest absolute Gasteiger partial charge is 2.00 e. The zero-order valence-corrected chi connectivity index (χ0v) is 51.2. The molecule has 0 fully saturated rings. The van der Waals surface area contributed by atoms with Gasteiger partial charge in [-0.3, -0.25) is 0 Å². The summed E-state index contributed by atoms with van der Waals surface area (Å²) in [6, 6.07) is 0. The van der Waals surface area contributed by atoms with Crippen LogP contribution in [0.3, 0.4) is 0 Å². The maximum atomic E-state index is 0. The van der Waals surface area contributed by atoms with Crippen molar-refractivity contribution in [2.75, 3.05) is 0 Å². The molecule has 0 N–H and O–H groups in total. The van der Waals surface area contributed by atoms with E-state index in [-0.39, 0.29) is 662 Å². The first kappa shape index (κ1) is 39200. The quantitative estimate of drug-likeness (QED) is 0.218. The number of rotatable bonds is 0. The molecule has 0 bridgehead atoms. The summed E-state index contributed by atoms with van der Waals surface area (Å²) >= 11 is 0. The van der Waals surface area contributed by atoms with Gasteiger partial charge in [-0.2, -0.15) is 0 Å². The van der Waals surface area contributed by atoms with Crippen LogP contribution in [0.5, 0.6) is 0 Å². The van der Waals surface area contributed by atoms with Gasteiger partial charge in [0.2, 0.25) is 0 Å². The molecule has 0 aromatic heterocycles. The van der Waals surface area contributed by atoms with Crippen LogP contribution in [0.25, 0.3) is 0 Å². The summed E-state index contributed by atoms with van der Waals surface area (Å²) < 4.78 is 0. The van der Waals surface area contributed by atoms with Crippen LogP contribution < -0.4 is 0 Å². The van der Waals surface area contributed by atoms with E-state index in [9.17, 15) is 0 Å². The normalized spacial score (nSPS) is 0. The molecule has 0 saturated heterocycles. The Hall–Kier alpha value is 4.60. The fraction of sp³-hybridized carbons (Fsp3) is 0. The second-order valence-corrected chi connectivity index (χ2v) is 0. The summed E-state index contributed by atoms with van der Waals surface area (Å²) in [6.45, 7) is 0. The fourth-order valence-electron chi connectivity index (χ4n) is 0. The van der Waals surface area contributed by atoms with Crippen molar-refractivity contribution in [1.82, 2.24) is 0 Å². The Labute approximate surface area is 657 Å². The van der Waals surface area contributed by atoms with Gasteiger partial charge in [-0.25, -0.2) is 0 Å². The smallest absolute Gasteiger partial charge is 2.00 e. The topological polar surface area (TPSA) is 2140 Å². The van der Waals surface area contributed by atoms with Gasteiger partial charge < -0.3 is 411 Å². The molecular formula is Co15O75-120. The van der Waals surface area contributed by atoms with Crippen molar-refractivity contribution < 1.29 is 662 Å². The predicted octanol–water partition coefficient (Wildman–Crippen LogP) is -8.95. The molecule has 0 atom stereocenters. The van der Waals surface area contributed by atoms with Crippen LogP contribution in [-0.4, -0.2) is 0 Å². The molecule has 75 nitrogen and oxygen atoms in total. The van der Waals surface area contributed by atoms with E-state index in [4.69, 9.17) is 0 Å². The Balaban J connectivity index is 0. The molecule has 705 valence electrons. The Morgan fingerprint density at radius 3 is 0.0222 bits per heavy atom. The van der Waals surface area contributed by atoms with Crippen molar-refractivity contribution in [2.45, 2.75) is 0 Å². The molecule has 0 aliphatic heterocycles. The molecule has 0 unspecified atom stereocenters. The summed E-state index contributed by atoms with van der Waals surface area (Å²) in [5, 5.41) is 0. The number of hydrogen-bond acceptors (Lipinski definition) is 0. The third-order valence-corrected chi connectivity index (χ3v) is 0. The molecule has 0 aromatic rings. The van der Waals surface area contributed by atoms with Gasteiger partial charge in [-0.05, 0) is 0 Å². The molecule has 15 radical (unpaired) electrons. The van der Waals surface area contributed by atoms with Gasteiger partial charge in [0.15, 0.2) is 0 Å².